The molecular formula is C13H22N4O4. The molecule has 8 heteroatoms. The fourth-order valence-corrected chi connectivity index (χ4v) is 2.45. The number of rotatable bonds is 5. The molecule has 1 aliphatic carbocycles. The van der Waals surface area contributed by atoms with Crippen LogP contribution in [0.5, 0.6) is 0 Å². The highest BCUT2D eigenvalue weighted by Crippen LogP contribution is 2.42. The SMILES string of the molecule is COCCn1c(N)c(NC2CC(O)C2(C)C)c(=O)[nH]c1=O. The molecule has 5 N–H and O–H groups in total. The van der Waals surface area contributed by atoms with Gasteiger partial charge in [-0.25, -0.2) is 4.79 Å². The molecule has 1 fully saturated rings. The van der Waals surface area contributed by atoms with Gasteiger partial charge in [-0.3, -0.25) is 14.3 Å². The zero-order valence-electron chi connectivity index (χ0n) is 12.5. The third kappa shape index (κ3) is 2.68. The zero-order chi connectivity index (χ0) is 15.8. The van der Waals surface area contributed by atoms with E-state index in [-0.39, 0.29) is 29.5 Å². The third-order valence-electron chi connectivity index (χ3n) is 4.29. The molecule has 1 aromatic rings. The number of anilines is 2. The molecule has 2 rings (SSSR count). The fourth-order valence-electron chi connectivity index (χ4n) is 2.45. The minimum absolute atomic E-state index is 0.0794. The molecule has 1 aliphatic rings. The molecule has 0 bridgehead atoms. The van der Waals surface area contributed by atoms with Gasteiger partial charge in [0.05, 0.1) is 19.3 Å². The van der Waals surface area contributed by atoms with Crippen LogP contribution in [0, 0.1) is 5.41 Å². The van der Waals surface area contributed by atoms with Gasteiger partial charge >= 0.3 is 5.69 Å². The molecule has 0 spiro atoms. The summed E-state index contributed by atoms with van der Waals surface area (Å²) in [4.78, 5) is 26.0. The molecule has 0 saturated heterocycles. The Labute approximate surface area is 121 Å². The normalized spacial score (nSPS) is 23.6. The molecule has 2 atom stereocenters. The third-order valence-corrected chi connectivity index (χ3v) is 4.29. The van der Waals surface area contributed by atoms with Crippen molar-refractivity contribution in [3.05, 3.63) is 20.8 Å². The first-order valence-corrected chi connectivity index (χ1v) is 6.85. The average Bonchev–Trinajstić information content (AvgIpc) is 2.41. The van der Waals surface area contributed by atoms with Gasteiger partial charge < -0.3 is 20.9 Å². The lowest BCUT2D eigenvalue weighted by molar-refractivity contribution is -0.0510. The molecule has 0 radical (unpaired) electrons. The summed E-state index contributed by atoms with van der Waals surface area (Å²) in [6.07, 6.45) is 0.109. The highest BCUT2D eigenvalue weighted by atomic mass is 16.5. The Morgan fingerprint density at radius 3 is 2.71 bits per heavy atom. The number of hydrogen-bond donors (Lipinski definition) is 4. The van der Waals surface area contributed by atoms with E-state index in [4.69, 9.17) is 10.5 Å². The summed E-state index contributed by atoms with van der Waals surface area (Å²) in [7, 11) is 1.52. The first kappa shape index (κ1) is 15.6. The predicted molar refractivity (Wildman–Crippen MR) is 79.4 cm³/mol. The summed E-state index contributed by atoms with van der Waals surface area (Å²) < 4.78 is 6.18. The summed E-state index contributed by atoms with van der Waals surface area (Å²) >= 11 is 0. The lowest BCUT2D eigenvalue weighted by Gasteiger charge is -2.49. The minimum atomic E-state index is -0.562. The number of aliphatic hydroxyl groups is 1. The van der Waals surface area contributed by atoms with Gasteiger partial charge in [0.2, 0.25) is 0 Å². The van der Waals surface area contributed by atoms with E-state index in [0.717, 1.165) is 0 Å². The summed E-state index contributed by atoms with van der Waals surface area (Å²) in [5.41, 5.74) is 4.63. The van der Waals surface area contributed by atoms with Crippen LogP contribution in [0.1, 0.15) is 20.3 Å². The number of nitrogens with two attached hydrogens (primary N) is 1. The second-order valence-electron chi connectivity index (χ2n) is 5.93. The molecule has 21 heavy (non-hydrogen) atoms. The molecular weight excluding hydrogens is 276 g/mol. The number of hydrogen-bond acceptors (Lipinski definition) is 6. The van der Waals surface area contributed by atoms with E-state index in [0.29, 0.717) is 13.0 Å². The molecule has 0 aromatic carbocycles. The summed E-state index contributed by atoms with van der Waals surface area (Å²) in [5, 5.41) is 12.8. The van der Waals surface area contributed by atoms with Gasteiger partial charge in [-0.15, -0.1) is 0 Å². The van der Waals surface area contributed by atoms with Crippen molar-refractivity contribution in [1.82, 2.24) is 9.55 Å². The molecule has 0 aliphatic heterocycles. The molecule has 8 nitrogen and oxygen atoms in total. The van der Waals surface area contributed by atoms with Crippen LogP contribution in [0.2, 0.25) is 0 Å². The van der Waals surface area contributed by atoms with Gasteiger partial charge in [0.1, 0.15) is 11.5 Å². The van der Waals surface area contributed by atoms with Gasteiger partial charge in [0.25, 0.3) is 5.56 Å². The first-order valence-electron chi connectivity index (χ1n) is 6.85. The van der Waals surface area contributed by atoms with E-state index >= 15 is 0 Å². The number of nitrogens with zero attached hydrogens (tertiary/aromatic N) is 1. The van der Waals surface area contributed by atoms with Crippen LogP contribution in [0.3, 0.4) is 0 Å². The maximum absolute atomic E-state index is 11.9. The molecule has 0 amide bonds. The lowest BCUT2D eigenvalue weighted by atomic mass is 9.64. The molecule has 2 unspecified atom stereocenters. The van der Waals surface area contributed by atoms with Gasteiger partial charge in [-0.2, -0.15) is 0 Å². The van der Waals surface area contributed by atoms with Crippen molar-refractivity contribution in [3.8, 4) is 0 Å². The highest BCUT2D eigenvalue weighted by molar-refractivity contribution is 5.61. The van der Waals surface area contributed by atoms with Crippen LogP contribution in [0.15, 0.2) is 9.59 Å². The van der Waals surface area contributed by atoms with Gasteiger partial charge in [-0.05, 0) is 6.42 Å². The highest BCUT2D eigenvalue weighted by Gasteiger charge is 2.47. The lowest BCUT2D eigenvalue weighted by Crippen LogP contribution is -2.57. The van der Waals surface area contributed by atoms with Gasteiger partial charge in [-0.1, -0.05) is 13.8 Å². The van der Waals surface area contributed by atoms with Gasteiger partial charge in [0, 0.05) is 18.6 Å². The van der Waals surface area contributed by atoms with Crippen molar-refractivity contribution in [3.63, 3.8) is 0 Å². The predicted octanol–water partition coefficient (Wildman–Crippen LogP) is -0.663. The number of H-pyrrole nitrogens is 1. The fraction of sp³-hybridized carbons (Fsp3) is 0.692. The number of aliphatic hydroxyl groups excluding tert-OH is 1. The van der Waals surface area contributed by atoms with Crippen LogP contribution in [0.25, 0.3) is 0 Å². The van der Waals surface area contributed by atoms with E-state index in [1.807, 2.05) is 13.8 Å². The maximum Gasteiger partial charge on any atom is 0.330 e. The topological polar surface area (TPSA) is 122 Å². The Morgan fingerprint density at radius 2 is 2.19 bits per heavy atom. The quantitative estimate of drug-likeness (QED) is 0.572. The van der Waals surface area contributed by atoms with E-state index in [9.17, 15) is 14.7 Å². The first-order chi connectivity index (χ1) is 9.78. The number of aromatic nitrogens is 2. The van der Waals surface area contributed by atoms with Crippen molar-refractivity contribution in [2.45, 2.75) is 39.0 Å². The summed E-state index contributed by atoms with van der Waals surface area (Å²) in [6, 6.07) is -0.0794. The Hall–Kier alpha value is -1.80. The van der Waals surface area contributed by atoms with Gasteiger partial charge in [0.15, 0.2) is 0 Å². The Morgan fingerprint density at radius 1 is 1.52 bits per heavy atom. The average molecular weight is 298 g/mol. The number of ether oxygens (including phenoxy) is 1. The van der Waals surface area contributed by atoms with Crippen LogP contribution in [-0.4, -0.2) is 40.5 Å². The Kier molecular flexibility index (Phi) is 4.11. The minimum Gasteiger partial charge on any atom is -0.392 e. The summed E-state index contributed by atoms with van der Waals surface area (Å²) in [6.45, 7) is 4.38. The van der Waals surface area contributed by atoms with Crippen molar-refractivity contribution in [1.29, 1.82) is 0 Å². The molecule has 118 valence electrons. The van der Waals surface area contributed by atoms with Crippen molar-refractivity contribution >= 4 is 11.5 Å². The van der Waals surface area contributed by atoms with Crippen molar-refractivity contribution < 1.29 is 9.84 Å². The van der Waals surface area contributed by atoms with Crippen LogP contribution >= 0.6 is 0 Å². The van der Waals surface area contributed by atoms with E-state index in [1.165, 1.54) is 11.7 Å². The van der Waals surface area contributed by atoms with Crippen LogP contribution in [-0.2, 0) is 11.3 Å². The second-order valence-corrected chi connectivity index (χ2v) is 5.93. The van der Waals surface area contributed by atoms with E-state index in [2.05, 4.69) is 10.3 Å². The Bertz CT molecular complexity index is 634. The largest absolute Gasteiger partial charge is 0.392 e. The van der Waals surface area contributed by atoms with Crippen LogP contribution in [0.4, 0.5) is 11.5 Å². The van der Waals surface area contributed by atoms with E-state index in [1.54, 1.807) is 0 Å². The van der Waals surface area contributed by atoms with Crippen molar-refractivity contribution in [2.24, 2.45) is 5.41 Å². The monoisotopic (exact) mass is 298 g/mol. The van der Waals surface area contributed by atoms with Crippen molar-refractivity contribution in [2.75, 3.05) is 24.8 Å². The number of nitrogen functional groups attached to an aromatic ring is 1. The maximum atomic E-state index is 11.9. The number of aromatic amines is 1. The second kappa shape index (κ2) is 5.53. The standard InChI is InChI=1S/C13H22N4O4/c1-13(2)7(6-8(13)18)15-9-10(14)17(4-5-21-3)12(20)16-11(9)19/h7-8,15,18H,4-6,14H2,1-3H3,(H,16,19,20). The molecule has 1 aromatic heterocycles. The molecule has 1 heterocycles. The molecule has 1 saturated carbocycles. The van der Waals surface area contributed by atoms with Crippen LogP contribution < -0.4 is 22.3 Å². The zero-order valence-corrected chi connectivity index (χ0v) is 12.5. The summed E-state index contributed by atoms with van der Waals surface area (Å²) in [5.74, 6) is 0.0815. The van der Waals surface area contributed by atoms with E-state index < -0.39 is 17.4 Å². The smallest absolute Gasteiger partial charge is 0.330 e. The Balaban J connectivity index is 2.32. The number of methoxy groups -OCH3 is 1. The number of nitrogens with one attached hydrogen (secondary N) is 2.